The Morgan fingerprint density at radius 3 is 3.00 bits per heavy atom. The third-order valence-electron chi connectivity index (χ3n) is 1.03. The molecule has 0 saturated heterocycles. The van der Waals surface area contributed by atoms with E-state index in [-0.39, 0.29) is 12.3 Å². The molecule has 0 aromatic carbocycles. The fourth-order valence-electron chi connectivity index (χ4n) is 0.720. The average Bonchev–Trinajstić information content (AvgIpc) is 1.59. The number of hydrogen-bond acceptors (Lipinski definition) is 3. The maximum absolute atomic E-state index is 10.5. The molecule has 4 nitrogen and oxygen atoms in total. The Labute approximate surface area is 52.6 Å². The van der Waals surface area contributed by atoms with Gasteiger partial charge in [-0.3, -0.25) is 4.79 Å². The van der Waals surface area contributed by atoms with Crippen molar-refractivity contribution in [3.63, 3.8) is 0 Å². The van der Waals surface area contributed by atoms with Crippen molar-refractivity contribution < 1.29 is 9.90 Å². The first-order valence-corrected chi connectivity index (χ1v) is 2.71. The molecule has 50 valence electrons. The van der Waals surface area contributed by atoms with Crippen LogP contribution in [0, 0.1) is 0 Å². The third-order valence-corrected chi connectivity index (χ3v) is 1.03. The maximum Gasteiger partial charge on any atom is 0.229 e. The summed E-state index contributed by atoms with van der Waals surface area (Å²) >= 11 is 0. The molecule has 1 rings (SSSR count). The zero-order valence-electron chi connectivity index (χ0n) is 5.09. The molecular formula is C5H8N2O2. The second kappa shape index (κ2) is 2.14. The lowest BCUT2D eigenvalue weighted by Gasteiger charge is -2.13. The van der Waals surface area contributed by atoms with Crippen LogP contribution in [0.5, 0.6) is 0 Å². The number of aliphatic hydroxyl groups is 1. The molecule has 1 aliphatic heterocycles. The monoisotopic (exact) mass is 128 g/mol. The van der Waals surface area contributed by atoms with Crippen LogP contribution in [0.3, 0.4) is 0 Å². The molecule has 1 amide bonds. The first-order valence-electron chi connectivity index (χ1n) is 2.71. The SMILES string of the molecule is CC1=NC(O)CC(=O)N1. The molecule has 0 saturated carbocycles. The lowest BCUT2D eigenvalue weighted by molar-refractivity contribution is -0.122. The molecule has 9 heavy (non-hydrogen) atoms. The highest BCUT2D eigenvalue weighted by atomic mass is 16.3. The zero-order chi connectivity index (χ0) is 6.85. The molecule has 2 N–H and O–H groups in total. The van der Waals surface area contributed by atoms with E-state index in [1.54, 1.807) is 6.92 Å². The van der Waals surface area contributed by atoms with E-state index in [0.29, 0.717) is 5.84 Å². The molecule has 0 spiro atoms. The average molecular weight is 128 g/mol. The van der Waals surface area contributed by atoms with Crippen LogP contribution in [-0.4, -0.2) is 23.1 Å². The van der Waals surface area contributed by atoms with Crippen molar-refractivity contribution in [2.75, 3.05) is 0 Å². The maximum atomic E-state index is 10.5. The van der Waals surface area contributed by atoms with Crippen molar-refractivity contribution in [1.29, 1.82) is 0 Å². The van der Waals surface area contributed by atoms with E-state index in [0.717, 1.165) is 0 Å². The van der Waals surface area contributed by atoms with Crippen molar-refractivity contribution in [2.45, 2.75) is 19.6 Å². The highest BCUT2D eigenvalue weighted by Crippen LogP contribution is 1.98. The smallest absolute Gasteiger partial charge is 0.229 e. The summed E-state index contributed by atoms with van der Waals surface area (Å²) in [5.41, 5.74) is 0. The van der Waals surface area contributed by atoms with Gasteiger partial charge in [-0.2, -0.15) is 0 Å². The van der Waals surface area contributed by atoms with Gasteiger partial charge in [-0.25, -0.2) is 4.99 Å². The second-order valence-corrected chi connectivity index (χ2v) is 1.95. The van der Waals surface area contributed by atoms with Gasteiger partial charge in [0.25, 0.3) is 0 Å². The van der Waals surface area contributed by atoms with Crippen LogP contribution in [0.25, 0.3) is 0 Å². The second-order valence-electron chi connectivity index (χ2n) is 1.95. The number of hydrogen-bond donors (Lipinski definition) is 2. The molecule has 0 aliphatic carbocycles. The molecule has 1 unspecified atom stereocenters. The van der Waals surface area contributed by atoms with Gasteiger partial charge in [0.05, 0.1) is 6.42 Å². The minimum atomic E-state index is -0.834. The largest absolute Gasteiger partial charge is 0.371 e. The molecule has 0 aromatic heterocycles. The van der Waals surface area contributed by atoms with Gasteiger partial charge in [0.15, 0.2) is 6.23 Å². The minimum absolute atomic E-state index is 0.0807. The van der Waals surface area contributed by atoms with E-state index >= 15 is 0 Å². The first-order chi connectivity index (χ1) is 4.18. The van der Waals surface area contributed by atoms with Crippen LogP contribution in [0.4, 0.5) is 0 Å². The summed E-state index contributed by atoms with van der Waals surface area (Å²) in [6.45, 7) is 1.64. The van der Waals surface area contributed by atoms with E-state index in [9.17, 15) is 4.79 Å². The predicted octanol–water partition coefficient (Wildman–Crippen LogP) is -0.757. The van der Waals surface area contributed by atoms with Crippen molar-refractivity contribution in [3.05, 3.63) is 0 Å². The number of nitrogens with zero attached hydrogens (tertiary/aromatic N) is 1. The molecule has 1 atom stereocenters. The summed E-state index contributed by atoms with van der Waals surface area (Å²) in [6.07, 6.45) is -0.754. The van der Waals surface area contributed by atoms with Crippen LogP contribution in [0.15, 0.2) is 4.99 Å². The van der Waals surface area contributed by atoms with Crippen LogP contribution >= 0.6 is 0 Å². The number of nitrogens with one attached hydrogen (secondary N) is 1. The Hall–Kier alpha value is -0.900. The van der Waals surface area contributed by atoms with Crippen LogP contribution in [0.1, 0.15) is 13.3 Å². The molecule has 0 bridgehead atoms. The van der Waals surface area contributed by atoms with Crippen LogP contribution in [-0.2, 0) is 4.79 Å². The molecule has 1 heterocycles. The number of aliphatic hydroxyl groups excluding tert-OH is 1. The van der Waals surface area contributed by atoms with E-state index in [4.69, 9.17) is 5.11 Å². The molecule has 4 heteroatoms. The number of amidine groups is 1. The van der Waals surface area contributed by atoms with Gasteiger partial charge < -0.3 is 10.4 Å². The Bertz CT molecular complexity index is 164. The van der Waals surface area contributed by atoms with Gasteiger partial charge in [-0.05, 0) is 6.92 Å². The molecular weight excluding hydrogens is 120 g/mol. The summed E-state index contributed by atoms with van der Waals surface area (Å²) in [6, 6.07) is 0. The van der Waals surface area contributed by atoms with Gasteiger partial charge in [0, 0.05) is 0 Å². The quantitative estimate of drug-likeness (QED) is 0.450. The van der Waals surface area contributed by atoms with E-state index in [1.807, 2.05) is 0 Å². The van der Waals surface area contributed by atoms with Crippen LogP contribution in [0.2, 0.25) is 0 Å². The van der Waals surface area contributed by atoms with Crippen molar-refractivity contribution in [1.82, 2.24) is 5.32 Å². The summed E-state index contributed by atoms with van der Waals surface area (Å²) in [5.74, 6) is 0.314. The highest BCUT2D eigenvalue weighted by Gasteiger charge is 2.14. The molecule has 1 aliphatic rings. The van der Waals surface area contributed by atoms with Gasteiger partial charge in [0.2, 0.25) is 5.91 Å². The molecule has 0 aromatic rings. The highest BCUT2D eigenvalue weighted by molar-refractivity contribution is 5.98. The molecule has 0 fully saturated rings. The van der Waals surface area contributed by atoms with Crippen molar-refractivity contribution in [2.24, 2.45) is 4.99 Å². The number of carbonyl (C=O) groups excluding carboxylic acids is 1. The summed E-state index contributed by atoms with van der Waals surface area (Å²) in [4.78, 5) is 14.2. The van der Waals surface area contributed by atoms with Crippen molar-refractivity contribution in [3.8, 4) is 0 Å². The number of rotatable bonds is 0. The number of carbonyl (C=O) groups is 1. The molecule has 0 radical (unpaired) electrons. The Kier molecular flexibility index (Phi) is 1.48. The van der Waals surface area contributed by atoms with Crippen LogP contribution < -0.4 is 5.32 Å². The van der Waals surface area contributed by atoms with Crippen molar-refractivity contribution >= 4 is 11.7 Å². The normalized spacial score (nSPS) is 27.1. The van der Waals surface area contributed by atoms with Gasteiger partial charge in [-0.1, -0.05) is 0 Å². The minimum Gasteiger partial charge on any atom is -0.371 e. The Morgan fingerprint density at radius 1 is 1.89 bits per heavy atom. The zero-order valence-corrected chi connectivity index (χ0v) is 5.09. The lowest BCUT2D eigenvalue weighted by atomic mass is 10.3. The fourth-order valence-corrected chi connectivity index (χ4v) is 0.720. The van der Waals surface area contributed by atoms with Gasteiger partial charge in [-0.15, -0.1) is 0 Å². The number of amides is 1. The third kappa shape index (κ3) is 1.50. The van der Waals surface area contributed by atoms with E-state index < -0.39 is 6.23 Å². The Balaban J connectivity index is 2.67. The summed E-state index contributed by atoms with van der Waals surface area (Å²) < 4.78 is 0. The van der Waals surface area contributed by atoms with E-state index in [1.165, 1.54) is 0 Å². The van der Waals surface area contributed by atoms with Gasteiger partial charge >= 0.3 is 0 Å². The Morgan fingerprint density at radius 2 is 2.56 bits per heavy atom. The topological polar surface area (TPSA) is 61.7 Å². The standard InChI is InChI=1S/C5H8N2O2/c1-3-6-4(8)2-5(9)7-3/h4,8H,2H2,1H3,(H,6,7,9). The number of aliphatic imine (C=N–C) groups is 1. The van der Waals surface area contributed by atoms with E-state index in [2.05, 4.69) is 10.3 Å². The van der Waals surface area contributed by atoms with Gasteiger partial charge in [0.1, 0.15) is 5.84 Å². The fraction of sp³-hybridized carbons (Fsp3) is 0.600. The first kappa shape index (κ1) is 6.22. The summed E-state index contributed by atoms with van der Waals surface area (Å²) in [7, 11) is 0. The predicted molar refractivity (Wildman–Crippen MR) is 31.9 cm³/mol. The lowest BCUT2D eigenvalue weighted by Crippen LogP contribution is -2.36. The summed E-state index contributed by atoms with van der Waals surface area (Å²) in [5, 5.41) is 11.3.